The van der Waals surface area contributed by atoms with Crippen LogP contribution in [0, 0.1) is 0 Å². The number of nitrogens with one attached hydrogen (secondary N) is 1. The summed E-state index contributed by atoms with van der Waals surface area (Å²) in [5, 5.41) is 15.5. The number of rotatable bonds is 4. The molecule has 26 heavy (non-hydrogen) atoms. The van der Waals surface area contributed by atoms with Gasteiger partial charge in [-0.1, -0.05) is 65.1 Å². The van der Waals surface area contributed by atoms with Gasteiger partial charge in [-0.25, -0.2) is 4.83 Å². The summed E-state index contributed by atoms with van der Waals surface area (Å²) in [6, 6.07) is 13.0. The molecule has 0 amide bonds. The molecule has 0 aliphatic heterocycles. The van der Waals surface area contributed by atoms with E-state index in [1.54, 1.807) is 18.2 Å². The summed E-state index contributed by atoms with van der Waals surface area (Å²) in [6.07, 6.45) is 1.22. The molecule has 0 atom stereocenters. The largest absolute Gasteiger partial charge is 0.507 e. The van der Waals surface area contributed by atoms with Crippen LogP contribution in [-0.4, -0.2) is 19.7 Å². The highest BCUT2D eigenvalue weighted by Crippen LogP contribution is 2.31. The average Bonchev–Trinajstić information content (AvgIpc) is 2.60. The average molecular weight is 430 g/mol. The fraction of sp³-hybridized carbons (Fsp3) is 0. The van der Waals surface area contributed by atoms with E-state index in [1.807, 2.05) is 17.0 Å². The smallest absolute Gasteiger partial charge is 0.278 e. The molecule has 0 saturated carbocycles. The van der Waals surface area contributed by atoms with Crippen LogP contribution in [0.25, 0.3) is 10.8 Å². The zero-order valence-corrected chi connectivity index (χ0v) is 16.0. The van der Waals surface area contributed by atoms with Crippen LogP contribution in [0.4, 0.5) is 0 Å². The van der Waals surface area contributed by atoms with Gasteiger partial charge in [0.05, 0.1) is 21.3 Å². The number of phenols is 1. The van der Waals surface area contributed by atoms with Crippen molar-refractivity contribution >= 4 is 61.8 Å². The lowest BCUT2D eigenvalue weighted by Gasteiger charge is -2.08. The Morgan fingerprint density at radius 1 is 0.962 bits per heavy atom. The maximum absolute atomic E-state index is 12.4. The van der Waals surface area contributed by atoms with Crippen molar-refractivity contribution < 1.29 is 13.5 Å². The van der Waals surface area contributed by atoms with Crippen molar-refractivity contribution in [2.45, 2.75) is 4.90 Å². The Kier molecular flexibility index (Phi) is 5.29. The molecule has 3 aromatic carbocycles. The lowest BCUT2D eigenvalue weighted by molar-refractivity contribution is 0.475. The standard InChI is InChI=1S/C17H11Cl3N2O3S/c18-13-7-15(20)17(8-14(13)19)26(24,25)22-21-9-12-11-4-2-1-3-10(11)5-6-16(12)23/h1-9,22-23H/b21-9-. The first-order chi connectivity index (χ1) is 12.3. The number of hydrogen-bond acceptors (Lipinski definition) is 4. The topological polar surface area (TPSA) is 78.8 Å². The summed E-state index contributed by atoms with van der Waals surface area (Å²) < 4.78 is 24.8. The number of fused-ring (bicyclic) bond motifs is 1. The summed E-state index contributed by atoms with van der Waals surface area (Å²) >= 11 is 17.6. The first-order valence-electron chi connectivity index (χ1n) is 7.20. The van der Waals surface area contributed by atoms with Gasteiger partial charge in [0.15, 0.2) is 0 Å². The Labute approximate surface area is 164 Å². The van der Waals surface area contributed by atoms with Crippen LogP contribution in [0.2, 0.25) is 15.1 Å². The van der Waals surface area contributed by atoms with Gasteiger partial charge in [-0.3, -0.25) is 0 Å². The van der Waals surface area contributed by atoms with Gasteiger partial charge in [-0.2, -0.15) is 13.5 Å². The zero-order chi connectivity index (χ0) is 18.9. The van der Waals surface area contributed by atoms with Crippen LogP contribution in [0.3, 0.4) is 0 Å². The fourth-order valence-electron chi connectivity index (χ4n) is 2.34. The summed E-state index contributed by atoms with van der Waals surface area (Å²) in [5.74, 6) is -0.0285. The molecule has 3 rings (SSSR count). The van der Waals surface area contributed by atoms with Gasteiger partial charge < -0.3 is 5.11 Å². The first kappa shape index (κ1) is 18.8. The highest BCUT2D eigenvalue weighted by atomic mass is 35.5. The van der Waals surface area contributed by atoms with Gasteiger partial charge in [0.1, 0.15) is 10.6 Å². The number of hydrogen-bond donors (Lipinski definition) is 2. The molecule has 0 bridgehead atoms. The number of sulfonamides is 1. The van der Waals surface area contributed by atoms with E-state index in [0.717, 1.165) is 16.8 Å². The predicted molar refractivity (Wildman–Crippen MR) is 105 cm³/mol. The molecule has 0 heterocycles. The van der Waals surface area contributed by atoms with E-state index in [1.165, 1.54) is 18.3 Å². The number of hydrazone groups is 1. The Hall–Kier alpha value is -1.99. The first-order valence-corrected chi connectivity index (χ1v) is 9.81. The molecule has 0 spiro atoms. The Balaban J connectivity index is 1.94. The molecular weight excluding hydrogens is 419 g/mol. The third-order valence-electron chi connectivity index (χ3n) is 3.58. The van der Waals surface area contributed by atoms with E-state index >= 15 is 0 Å². The number of aromatic hydroxyl groups is 1. The molecule has 2 N–H and O–H groups in total. The maximum atomic E-state index is 12.4. The van der Waals surface area contributed by atoms with E-state index in [9.17, 15) is 13.5 Å². The van der Waals surface area contributed by atoms with Crippen LogP contribution in [-0.2, 0) is 10.0 Å². The molecule has 0 fully saturated rings. The number of phenolic OH excluding ortho intramolecular Hbond substituents is 1. The second-order valence-electron chi connectivity index (χ2n) is 5.27. The van der Waals surface area contributed by atoms with Crippen LogP contribution in [0.1, 0.15) is 5.56 Å². The Morgan fingerprint density at radius 2 is 1.65 bits per heavy atom. The number of halogens is 3. The van der Waals surface area contributed by atoms with E-state index in [2.05, 4.69) is 5.10 Å². The van der Waals surface area contributed by atoms with E-state index < -0.39 is 10.0 Å². The molecule has 0 aliphatic carbocycles. The Morgan fingerprint density at radius 3 is 2.42 bits per heavy atom. The van der Waals surface area contributed by atoms with Gasteiger partial charge in [0.2, 0.25) is 0 Å². The summed E-state index contributed by atoms with van der Waals surface area (Å²) in [7, 11) is -4.07. The minimum Gasteiger partial charge on any atom is -0.507 e. The van der Waals surface area contributed by atoms with E-state index in [4.69, 9.17) is 34.8 Å². The fourth-order valence-corrected chi connectivity index (χ4v) is 4.13. The van der Waals surface area contributed by atoms with E-state index in [-0.39, 0.29) is 25.7 Å². The molecule has 0 unspecified atom stereocenters. The summed E-state index contributed by atoms with van der Waals surface area (Å²) in [4.78, 5) is 1.79. The summed E-state index contributed by atoms with van der Waals surface area (Å²) in [6.45, 7) is 0. The molecule has 0 saturated heterocycles. The molecular formula is C17H11Cl3N2O3S. The van der Waals surface area contributed by atoms with Crippen molar-refractivity contribution in [1.82, 2.24) is 4.83 Å². The van der Waals surface area contributed by atoms with Crippen LogP contribution in [0.15, 0.2) is 58.5 Å². The monoisotopic (exact) mass is 428 g/mol. The van der Waals surface area contributed by atoms with Gasteiger partial charge in [-0.15, -0.1) is 0 Å². The van der Waals surface area contributed by atoms with Crippen molar-refractivity contribution in [3.63, 3.8) is 0 Å². The second kappa shape index (κ2) is 7.32. The highest BCUT2D eigenvalue weighted by Gasteiger charge is 2.19. The maximum Gasteiger partial charge on any atom is 0.278 e. The van der Waals surface area contributed by atoms with Crippen molar-refractivity contribution in [3.8, 4) is 5.75 Å². The lowest BCUT2D eigenvalue weighted by Crippen LogP contribution is -2.19. The number of benzene rings is 3. The zero-order valence-electron chi connectivity index (χ0n) is 12.9. The number of nitrogens with zero attached hydrogens (tertiary/aromatic N) is 1. The molecule has 3 aromatic rings. The van der Waals surface area contributed by atoms with Crippen molar-refractivity contribution in [2.24, 2.45) is 5.10 Å². The van der Waals surface area contributed by atoms with Crippen LogP contribution < -0.4 is 4.83 Å². The van der Waals surface area contributed by atoms with Crippen molar-refractivity contribution in [2.75, 3.05) is 0 Å². The van der Waals surface area contributed by atoms with Crippen molar-refractivity contribution in [3.05, 3.63) is 69.2 Å². The SMILES string of the molecule is O=S(=O)(N/N=C\c1c(O)ccc2ccccc12)c1cc(Cl)c(Cl)cc1Cl. The normalized spacial score (nSPS) is 12.0. The van der Waals surface area contributed by atoms with Crippen LogP contribution in [0.5, 0.6) is 5.75 Å². The highest BCUT2D eigenvalue weighted by molar-refractivity contribution is 7.89. The van der Waals surface area contributed by atoms with Gasteiger partial charge in [0.25, 0.3) is 10.0 Å². The van der Waals surface area contributed by atoms with Gasteiger partial charge >= 0.3 is 0 Å². The third kappa shape index (κ3) is 3.73. The van der Waals surface area contributed by atoms with E-state index in [0.29, 0.717) is 5.56 Å². The minimum atomic E-state index is -4.07. The lowest BCUT2D eigenvalue weighted by atomic mass is 10.0. The molecule has 0 aliphatic rings. The molecule has 0 radical (unpaired) electrons. The molecule has 0 aromatic heterocycles. The molecule has 134 valence electrons. The van der Waals surface area contributed by atoms with Gasteiger partial charge in [-0.05, 0) is 29.0 Å². The Bertz CT molecular complexity index is 1130. The van der Waals surface area contributed by atoms with Crippen molar-refractivity contribution in [1.29, 1.82) is 0 Å². The quantitative estimate of drug-likeness (QED) is 0.354. The second-order valence-corrected chi connectivity index (χ2v) is 8.12. The molecule has 5 nitrogen and oxygen atoms in total. The third-order valence-corrected chi connectivity index (χ3v) is 5.99. The minimum absolute atomic E-state index is 0.0285. The van der Waals surface area contributed by atoms with Crippen LogP contribution >= 0.6 is 34.8 Å². The van der Waals surface area contributed by atoms with Gasteiger partial charge in [0, 0.05) is 5.56 Å². The summed E-state index contributed by atoms with van der Waals surface area (Å²) in [5.41, 5.74) is 0.381. The molecule has 9 heteroatoms. The predicted octanol–water partition coefficient (Wildman–Crippen LogP) is 4.82.